The SMILES string of the molecule is COc1ccc(-c2cc(COC(=O)c3ccc(C#N)cc3)no2)cc1. The zero-order valence-electron chi connectivity index (χ0n) is 13.4. The van der Waals surface area contributed by atoms with Crippen molar-refractivity contribution in [3.8, 4) is 23.1 Å². The molecule has 6 nitrogen and oxygen atoms in total. The van der Waals surface area contributed by atoms with Gasteiger partial charge in [0.05, 0.1) is 24.3 Å². The molecule has 3 aromatic rings. The van der Waals surface area contributed by atoms with Crippen LogP contribution in [0.1, 0.15) is 21.6 Å². The van der Waals surface area contributed by atoms with E-state index in [4.69, 9.17) is 19.3 Å². The maximum Gasteiger partial charge on any atom is 0.338 e. The Morgan fingerprint density at radius 3 is 2.52 bits per heavy atom. The van der Waals surface area contributed by atoms with Crippen molar-refractivity contribution in [2.45, 2.75) is 6.61 Å². The minimum atomic E-state index is -0.488. The topological polar surface area (TPSA) is 85.4 Å². The van der Waals surface area contributed by atoms with Crippen molar-refractivity contribution in [2.24, 2.45) is 0 Å². The summed E-state index contributed by atoms with van der Waals surface area (Å²) in [6.07, 6.45) is 0. The van der Waals surface area contributed by atoms with Crippen LogP contribution in [0.25, 0.3) is 11.3 Å². The Balaban J connectivity index is 1.62. The molecule has 0 saturated carbocycles. The van der Waals surface area contributed by atoms with Gasteiger partial charge in [0.15, 0.2) is 5.76 Å². The summed E-state index contributed by atoms with van der Waals surface area (Å²) in [5, 5.41) is 12.7. The van der Waals surface area contributed by atoms with Crippen molar-refractivity contribution in [2.75, 3.05) is 7.11 Å². The van der Waals surface area contributed by atoms with E-state index in [9.17, 15) is 4.79 Å². The molecule has 0 aliphatic heterocycles. The van der Waals surface area contributed by atoms with Crippen molar-refractivity contribution in [1.82, 2.24) is 5.16 Å². The van der Waals surface area contributed by atoms with Gasteiger partial charge in [-0.15, -0.1) is 0 Å². The number of rotatable bonds is 5. The van der Waals surface area contributed by atoms with Crippen LogP contribution in [0.5, 0.6) is 5.75 Å². The molecule has 0 atom stereocenters. The van der Waals surface area contributed by atoms with E-state index in [-0.39, 0.29) is 6.61 Å². The van der Waals surface area contributed by atoms with E-state index in [1.807, 2.05) is 30.3 Å². The normalized spacial score (nSPS) is 10.1. The van der Waals surface area contributed by atoms with Gasteiger partial charge in [0.2, 0.25) is 0 Å². The van der Waals surface area contributed by atoms with Gasteiger partial charge in [0.25, 0.3) is 0 Å². The van der Waals surface area contributed by atoms with Gasteiger partial charge in [-0.2, -0.15) is 5.26 Å². The maximum atomic E-state index is 12.0. The maximum absolute atomic E-state index is 12.0. The average Bonchev–Trinajstić information content (AvgIpc) is 3.15. The summed E-state index contributed by atoms with van der Waals surface area (Å²) < 4.78 is 15.6. The molecule has 0 aliphatic carbocycles. The third-order valence-corrected chi connectivity index (χ3v) is 3.53. The van der Waals surface area contributed by atoms with Gasteiger partial charge in [-0.1, -0.05) is 5.16 Å². The zero-order valence-corrected chi connectivity index (χ0v) is 13.4. The Kier molecular flexibility index (Phi) is 4.77. The Labute approximate surface area is 144 Å². The molecule has 1 heterocycles. The molecule has 0 amide bonds. The number of carbonyl (C=O) groups excluding carboxylic acids is 1. The molecule has 0 unspecified atom stereocenters. The van der Waals surface area contributed by atoms with E-state index in [0.29, 0.717) is 22.6 Å². The second-order valence-corrected chi connectivity index (χ2v) is 5.18. The van der Waals surface area contributed by atoms with Crippen molar-refractivity contribution >= 4 is 5.97 Å². The molecule has 0 radical (unpaired) electrons. The van der Waals surface area contributed by atoms with Crippen molar-refractivity contribution in [3.63, 3.8) is 0 Å². The molecule has 0 bridgehead atoms. The third kappa shape index (κ3) is 3.85. The number of hydrogen-bond acceptors (Lipinski definition) is 6. The fourth-order valence-electron chi connectivity index (χ4n) is 2.17. The number of methoxy groups -OCH3 is 1. The van der Waals surface area contributed by atoms with E-state index in [2.05, 4.69) is 5.16 Å². The molecule has 0 fully saturated rings. The standard InChI is InChI=1S/C19H14N2O4/c1-23-17-8-6-14(7-9-17)18-10-16(21-25-18)12-24-19(22)15-4-2-13(11-20)3-5-15/h2-10H,12H2,1H3. The van der Waals surface area contributed by atoms with E-state index in [1.54, 1.807) is 37.4 Å². The fourth-order valence-corrected chi connectivity index (χ4v) is 2.17. The van der Waals surface area contributed by atoms with E-state index in [1.165, 1.54) is 0 Å². The quantitative estimate of drug-likeness (QED) is 0.663. The first-order chi connectivity index (χ1) is 12.2. The second kappa shape index (κ2) is 7.32. The highest BCUT2D eigenvalue weighted by Gasteiger charge is 2.11. The van der Waals surface area contributed by atoms with Gasteiger partial charge >= 0.3 is 5.97 Å². The minimum absolute atomic E-state index is 0.00150. The van der Waals surface area contributed by atoms with E-state index >= 15 is 0 Å². The summed E-state index contributed by atoms with van der Waals surface area (Å²) in [7, 11) is 1.60. The summed E-state index contributed by atoms with van der Waals surface area (Å²) >= 11 is 0. The number of hydrogen-bond donors (Lipinski definition) is 0. The highest BCUT2D eigenvalue weighted by Crippen LogP contribution is 2.23. The van der Waals surface area contributed by atoms with E-state index < -0.39 is 5.97 Å². The first kappa shape index (κ1) is 16.3. The first-order valence-corrected chi connectivity index (χ1v) is 7.47. The molecule has 0 spiro atoms. The Morgan fingerprint density at radius 1 is 1.16 bits per heavy atom. The molecule has 0 N–H and O–H groups in total. The molecule has 0 saturated heterocycles. The van der Waals surface area contributed by atoms with Gasteiger partial charge < -0.3 is 14.0 Å². The number of nitriles is 1. The third-order valence-electron chi connectivity index (χ3n) is 3.53. The molecule has 1 aromatic heterocycles. The van der Waals surface area contributed by atoms with Gasteiger partial charge in [-0.05, 0) is 48.5 Å². The Bertz CT molecular complexity index is 906. The summed E-state index contributed by atoms with van der Waals surface area (Å²) in [5.41, 5.74) is 2.21. The second-order valence-electron chi connectivity index (χ2n) is 5.18. The number of ether oxygens (including phenoxy) is 2. The molecule has 0 aliphatic rings. The molecule has 3 rings (SSSR count). The van der Waals surface area contributed by atoms with Crippen LogP contribution in [0.3, 0.4) is 0 Å². The predicted molar refractivity (Wildman–Crippen MR) is 88.8 cm³/mol. The van der Waals surface area contributed by atoms with Crippen LogP contribution in [-0.4, -0.2) is 18.2 Å². The summed E-state index contributed by atoms with van der Waals surface area (Å²) in [5.74, 6) is 0.838. The smallest absolute Gasteiger partial charge is 0.338 e. The Morgan fingerprint density at radius 2 is 1.88 bits per heavy atom. The van der Waals surface area contributed by atoms with E-state index in [0.717, 1.165) is 11.3 Å². The van der Waals surface area contributed by atoms with Crippen LogP contribution < -0.4 is 4.74 Å². The average molecular weight is 334 g/mol. The highest BCUT2D eigenvalue weighted by molar-refractivity contribution is 5.89. The molecular formula is C19H14N2O4. The number of nitrogens with zero attached hydrogens (tertiary/aromatic N) is 2. The van der Waals surface area contributed by atoms with Crippen LogP contribution in [0.4, 0.5) is 0 Å². The van der Waals surface area contributed by atoms with Crippen LogP contribution in [0, 0.1) is 11.3 Å². The monoisotopic (exact) mass is 334 g/mol. The summed E-state index contributed by atoms with van der Waals surface area (Å²) in [6.45, 7) is -0.00150. The molecule has 2 aromatic carbocycles. The van der Waals surface area contributed by atoms with Crippen molar-refractivity contribution in [3.05, 3.63) is 71.4 Å². The van der Waals surface area contributed by atoms with Crippen LogP contribution in [0.2, 0.25) is 0 Å². The minimum Gasteiger partial charge on any atom is -0.497 e. The number of esters is 1. The van der Waals surface area contributed by atoms with Crippen molar-refractivity contribution < 1.29 is 18.8 Å². The first-order valence-electron chi connectivity index (χ1n) is 7.47. The largest absolute Gasteiger partial charge is 0.497 e. The van der Waals surface area contributed by atoms with Crippen LogP contribution >= 0.6 is 0 Å². The summed E-state index contributed by atoms with van der Waals surface area (Å²) in [4.78, 5) is 12.0. The zero-order chi connectivity index (χ0) is 17.6. The number of aromatic nitrogens is 1. The lowest BCUT2D eigenvalue weighted by molar-refractivity contribution is 0.0464. The number of benzene rings is 2. The molecule has 25 heavy (non-hydrogen) atoms. The van der Waals surface area contributed by atoms with Crippen LogP contribution in [-0.2, 0) is 11.3 Å². The molecule has 6 heteroatoms. The lowest BCUT2D eigenvalue weighted by atomic mass is 10.1. The van der Waals surface area contributed by atoms with Gasteiger partial charge in [-0.3, -0.25) is 0 Å². The Hall–Kier alpha value is -3.59. The van der Waals surface area contributed by atoms with Gasteiger partial charge in [0, 0.05) is 11.6 Å². The molecular weight excluding hydrogens is 320 g/mol. The van der Waals surface area contributed by atoms with Crippen molar-refractivity contribution in [1.29, 1.82) is 5.26 Å². The van der Waals surface area contributed by atoms with Gasteiger partial charge in [0.1, 0.15) is 18.1 Å². The predicted octanol–water partition coefficient (Wildman–Crippen LogP) is 3.58. The lowest BCUT2D eigenvalue weighted by Crippen LogP contribution is -2.05. The van der Waals surface area contributed by atoms with Crippen LogP contribution in [0.15, 0.2) is 59.1 Å². The summed E-state index contributed by atoms with van der Waals surface area (Å²) in [6, 6.07) is 17.3. The molecule has 124 valence electrons. The van der Waals surface area contributed by atoms with Gasteiger partial charge in [-0.25, -0.2) is 4.79 Å². The lowest BCUT2D eigenvalue weighted by Gasteiger charge is -2.02. The highest BCUT2D eigenvalue weighted by atomic mass is 16.5. The number of carbonyl (C=O) groups is 1. The fraction of sp³-hybridized carbons (Fsp3) is 0.105.